The maximum Gasteiger partial charge on any atom is 0.255 e. The van der Waals surface area contributed by atoms with Crippen LogP contribution in [0.15, 0.2) is 83.8 Å². The van der Waals surface area contributed by atoms with Crippen molar-refractivity contribution in [3.8, 4) is 5.75 Å². The second-order valence-corrected chi connectivity index (χ2v) is 6.76. The molecule has 26 heavy (non-hydrogen) atoms. The van der Waals surface area contributed by atoms with Crippen molar-refractivity contribution >= 4 is 23.4 Å². The monoisotopic (exact) mass is 363 g/mol. The van der Waals surface area contributed by atoms with E-state index in [0.717, 1.165) is 17.2 Å². The van der Waals surface area contributed by atoms with E-state index in [0.29, 0.717) is 12.2 Å². The molecule has 0 unspecified atom stereocenters. The Kier molecular flexibility index (Phi) is 6.34. The van der Waals surface area contributed by atoms with Gasteiger partial charge < -0.3 is 10.1 Å². The fourth-order valence-electron chi connectivity index (χ4n) is 2.47. The first kappa shape index (κ1) is 18.1. The summed E-state index contributed by atoms with van der Waals surface area (Å²) in [5, 5.41) is 2.91. The third-order valence-electron chi connectivity index (χ3n) is 3.77. The first-order chi connectivity index (χ1) is 12.7. The van der Waals surface area contributed by atoms with Crippen molar-refractivity contribution in [2.75, 3.05) is 11.9 Å². The number of benzene rings is 3. The minimum absolute atomic E-state index is 0.124. The summed E-state index contributed by atoms with van der Waals surface area (Å²) >= 11 is 1.78. The Bertz CT molecular complexity index is 848. The highest BCUT2D eigenvalue weighted by Crippen LogP contribution is 2.23. The molecule has 0 radical (unpaired) electrons. The predicted molar refractivity (Wildman–Crippen MR) is 108 cm³/mol. The van der Waals surface area contributed by atoms with Crippen LogP contribution in [-0.4, -0.2) is 12.5 Å². The van der Waals surface area contributed by atoms with Crippen LogP contribution in [0.25, 0.3) is 0 Å². The van der Waals surface area contributed by atoms with E-state index < -0.39 is 0 Å². The van der Waals surface area contributed by atoms with Gasteiger partial charge >= 0.3 is 0 Å². The van der Waals surface area contributed by atoms with E-state index in [-0.39, 0.29) is 5.91 Å². The summed E-state index contributed by atoms with van der Waals surface area (Å²) in [4.78, 5) is 13.7. The zero-order valence-electron chi connectivity index (χ0n) is 14.6. The normalized spacial score (nSPS) is 10.3. The van der Waals surface area contributed by atoms with E-state index in [9.17, 15) is 4.79 Å². The van der Waals surface area contributed by atoms with Gasteiger partial charge in [0.2, 0.25) is 0 Å². The van der Waals surface area contributed by atoms with Gasteiger partial charge in [-0.05, 0) is 48.9 Å². The second kappa shape index (κ2) is 9.11. The molecular weight excluding hydrogens is 342 g/mol. The van der Waals surface area contributed by atoms with Crippen LogP contribution in [0, 0.1) is 0 Å². The van der Waals surface area contributed by atoms with Crippen LogP contribution >= 0.6 is 11.8 Å². The number of ether oxygens (including phenoxy) is 1. The maximum atomic E-state index is 12.4. The highest BCUT2D eigenvalue weighted by molar-refractivity contribution is 7.98. The molecule has 4 heteroatoms. The van der Waals surface area contributed by atoms with E-state index in [2.05, 4.69) is 17.4 Å². The lowest BCUT2D eigenvalue weighted by Gasteiger charge is -2.08. The lowest BCUT2D eigenvalue weighted by Crippen LogP contribution is -2.11. The van der Waals surface area contributed by atoms with Crippen LogP contribution < -0.4 is 10.1 Å². The largest absolute Gasteiger partial charge is 0.494 e. The number of rotatable bonds is 7. The van der Waals surface area contributed by atoms with Gasteiger partial charge in [-0.2, -0.15) is 0 Å². The summed E-state index contributed by atoms with van der Waals surface area (Å²) in [6.07, 6.45) is 0. The van der Waals surface area contributed by atoms with Gasteiger partial charge in [0.05, 0.1) is 6.61 Å². The summed E-state index contributed by atoms with van der Waals surface area (Å²) in [6, 6.07) is 25.4. The van der Waals surface area contributed by atoms with Gasteiger partial charge in [0, 0.05) is 28.0 Å². The lowest BCUT2D eigenvalue weighted by molar-refractivity contribution is 0.102. The molecule has 1 amide bonds. The highest BCUT2D eigenvalue weighted by atomic mass is 32.2. The summed E-state index contributed by atoms with van der Waals surface area (Å²) in [5.41, 5.74) is 2.55. The number of thioether (sulfide) groups is 1. The molecule has 0 saturated heterocycles. The Morgan fingerprint density at radius 2 is 1.73 bits per heavy atom. The summed E-state index contributed by atoms with van der Waals surface area (Å²) in [5.74, 6) is 1.50. The topological polar surface area (TPSA) is 38.3 Å². The van der Waals surface area contributed by atoms with Crippen molar-refractivity contribution in [2.45, 2.75) is 17.6 Å². The zero-order chi connectivity index (χ0) is 18.2. The Labute approximate surface area is 158 Å². The molecule has 0 bridgehead atoms. The quantitative estimate of drug-likeness (QED) is 0.553. The average molecular weight is 363 g/mol. The Hall–Kier alpha value is -2.72. The fraction of sp³-hybridized carbons (Fsp3) is 0.136. The molecule has 1 N–H and O–H groups in total. The number of carbonyl (C=O) groups is 1. The van der Waals surface area contributed by atoms with Gasteiger partial charge in [-0.25, -0.2) is 0 Å². The molecule has 0 aliphatic carbocycles. The Morgan fingerprint density at radius 1 is 0.962 bits per heavy atom. The highest BCUT2D eigenvalue weighted by Gasteiger charge is 2.07. The van der Waals surface area contributed by atoms with Crippen molar-refractivity contribution in [1.29, 1.82) is 0 Å². The molecule has 3 aromatic carbocycles. The summed E-state index contributed by atoms with van der Waals surface area (Å²) in [7, 11) is 0. The standard InChI is InChI=1S/C22H21NO2S/c1-2-25-20-8-6-7-19(15-20)23-22(24)18-13-11-17(12-14-18)16-26-21-9-4-3-5-10-21/h3-15H,2,16H2,1H3,(H,23,24). The minimum Gasteiger partial charge on any atom is -0.494 e. The smallest absolute Gasteiger partial charge is 0.255 e. The molecule has 3 aromatic rings. The molecule has 0 heterocycles. The van der Waals surface area contributed by atoms with E-state index in [1.807, 2.05) is 73.7 Å². The fourth-order valence-corrected chi connectivity index (χ4v) is 3.34. The van der Waals surface area contributed by atoms with Gasteiger partial charge in [-0.1, -0.05) is 36.4 Å². The molecule has 0 spiro atoms. The maximum absolute atomic E-state index is 12.4. The summed E-state index contributed by atoms with van der Waals surface area (Å²) < 4.78 is 5.46. The van der Waals surface area contributed by atoms with Crippen molar-refractivity contribution in [3.63, 3.8) is 0 Å². The van der Waals surface area contributed by atoms with E-state index in [4.69, 9.17) is 4.74 Å². The van der Waals surface area contributed by atoms with Gasteiger partial charge in [-0.3, -0.25) is 4.79 Å². The van der Waals surface area contributed by atoms with Crippen molar-refractivity contribution in [2.24, 2.45) is 0 Å². The van der Waals surface area contributed by atoms with Gasteiger partial charge in [0.15, 0.2) is 0 Å². The second-order valence-electron chi connectivity index (χ2n) is 5.71. The van der Waals surface area contributed by atoms with E-state index in [1.54, 1.807) is 11.8 Å². The minimum atomic E-state index is -0.124. The van der Waals surface area contributed by atoms with Crippen LogP contribution in [-0.2, 0) is 5.75 Å². The van der Waals surface area contributed by atoms with Gasteiger partial charge in [0.25, 0.3) is 5.91 Å². The molecule has 0 fully saturated rings. The third kappa shape index (κ3) is 5.14. The van der Waals surface area contributed by atoms with E-state index >= 15 is 0 Å². The molecule has 0 saturated carbocycles. The molecule has 3 rings (SSSR count). The van der Waals surface area contributed by atoms with Crippen molar-refractivity contribution in [3.05, 3.63) is 90.0 Å². The molecule has 0 aromatic heterocycles. The molecule has 0 atom stereocenters. The number of hydrogen-bond acceptors (Lipinski definition) is 3. The average Bonchev–Trinajstić information content (AvgIpc) is 2.68. The number of hydrogen-bond donors (Lipinski definition) is 1. The van der Waals surface area contributed by atoms with Gasteiger partial charge in [-0.15, -0.1) is 11.8 Å². The van der Waals surface area contributed by atoms with Gasteiger partial charge in [0.1, 0.15) is 5.75 Å². The Morgan fingerprint density at radius 3 is 2.46 bits per heavy atom. The lowest BCUT2D eigenvalue weighted by atomic mass is 10.1. The molecule has 0 aliphatic heterocycles. The van der Waals surface area contributed by atoms with Crippen LogP contribution in [0.5, 0.6) is 5.75 Å². The van der Waals surface area contributed by atoms with E-state index in [1.165, 1.54) is 10.5 Å². The molecule has 3 nitrogen and oxygen atoms in total. The number of carbonyl (C=O) groups excluding carboxylic acids is 1. The molecular formula is C22H21NO2S. The van der Waals surface area contributed by atoms with Crippen molar-refractivity contribution < 1.29 is 9.53 Å². The number of anilines is 1. The molecule has 0 aliphatic rings. The first-order valence-corrected chi connectivity index (χ1v) is 9.54. The Balaban J connectivity index is 1.59. The van der Waals surface area contributed by atoms with Crippen LogP contribution in [0.3, 0.4) is 0 Å². The number of nitrogens with one attached hydrogen (secondary N) is 1. The van der Waals surface area contributed by atoms with Crippen LogP contribution in [0.2, 0.25) is 0 Å². The SMILES string of the molecule is CCOc1cccc(NC(=O)c2ccc(CSc3ccccc3)cc2)c1. The first-order valence-electron chi connectivity index (χ1n) is 8.55. The number of amides is 1. The predicted octanol–water partition coefficient (Wildman–Crippen LogP) is 5.63. The van der Waals surface area contributed by atoms with Crippen LogP contribution in [0.4, 0.5) is 5.69 Å². The van der Waals surface area contributed by atoms with Crippen LogP contribution in [0.1, 0.15) is 22.8 Å². The zero-order valence-corrected chi connectivity index (χ0v) is 15.5. The molecule has 132 valence electrons. The van der Waals surface area contributed by atoms with Crippen molar-refractivity contribution in [1.82, 2.24) is 0 Å². The third-order valence-corrected chi connectivity index (χ3v) is 4.85. The summed E-state index contributed by atoms with van der Waals surface area (Å²) in [6.45, 7) is 2.53.